The molecule has 0 bridgehead atoms. The van der Waals surface area contributed by atoms with Crippen molar-refractivity contribution in [3.8, 4) is 0 Å². The van der Waals surface area contributed by atoms with Crippen LogP contribution < -0.4 is 5.73 Å². The monoisotopic (exact) mass is 250 g/mol. The number of likely N-dealkylation sites (tertiary alicyclic amines) is 1. The van der Waals surface area contributed by atoms with Gasteiger partial charge in [-0.25, -0.2) is 0 Å². The second-order valence-corrected chi connectivity index (χ2v) is 4.99. The largest absolute Gasteiger partial charge is 0.382 e. The third-order valence-electron chi connectivity index (χ3n) is 3.76. The van der Waals surface area contributed by atoms with E-state index in [-0.39, 0.29) is 5.91 Å². The first kappa shape index (κ1) is 12.9. The Morgan fingerprint density at radius 3 is 2.94 bits per heavy atom. The Kier molecular flexibility index (Phi) is 4.23. The van der Waals surface area contributed by atoms with Crippen LogP contribution in [-0.2, 0) is 11.3 Å². The third-order valence-corrected chi connectivity index (χ3v) is 3.76. The zero-order valence-electron chi connectivity index (χ0n) is 11.0. The lowest BCUT2D eigenvalue weighted by molar-refractivity contribution is -0.130. The van der Waals surface area contributed by atoms with Gasteiger partial charge in [0, 0.05) is 25.7 Å². The van der Waals surface area contributed by atoms with Gasteiger partial charge < -0.3 is 10.6 Å². The van der Waals surface area contributed by atoms with Crippen molar-refractivity contribution in [2.24, 2.45) is 5.92 Å². The van der Waals surface area contributed by atoms with Gasteiger partial charge in [0.05, 0.1) is 6.54 Å². The second-order valence-electron chi connectivity index (χ2n) is 4.99. The zero-order chi connectivity index (χ0) is 13.0. The fraction of sp³-hybridized carbons (Fsp3) is 0.692. The zero-order valence-corrected chi connectivity index (χ0v) is 11.0. The first-order valence-corrected chi connectivity index (χ1v) is 6.75. The number of aromatic nitrogens is 2. The van der Waals surface area contributed by atoms with Crippen LogP contribution in [0.4, 0.5) is 5.82 Å². The number of nitrogens with two attached hydrogens (primary N) is 1. The van der Waals surface area contributed by atoms with Crippen LogP contribution in [0.3, 0.4) is 0 Å². The molecule has 2 rings (SSSR count). The maximum absolute atomic E-state index is 12.0. The molecule has 1 unspecified atom stereocenters. The molecule has 1 fully saturated rings. The molecule has 1 atom stereocenters. The highest BCUT2D eigenvalue weighted by Gasteiger charge is 2.21. The fourth-order valence-corrected chi connectivity index (χ4v) is 2.46. The number of anilines is 1. The van der Waals surface area contributed by atoms with Crippen molar-refractivity contribution >= 4 is 11.7 Å². The topological polar surface area (TPSA) is 64.2 Å². The van der Waals surface area contributed by atoms with E-state index in [2.05, 4.69) is 12.0 Å². The van der Waals surface area contributed by atoms with Gasteiger partial charge in [0.1, 0.15) is 5.82 Å². The van der Waals surface area contributed by atoms with Gasteiger partial charge in [-0.3, -0.25) is 9.48 Å². The van der Waals surface area contributed by atoms with Gasteiger partial charge in [-0.15, -0.1) is 0 Å². The number of rotatable bonds is 4. The molecule has 1 aromatic rings. The highest BCUT2D eigenvalue weighted by atomic mass is 16.2. The molecule has 1 saturated heterocycles. The molecule has 5 nitrogen and oxygen atoms in total. The first-order chi connectivity index (χ1) is 8.69. The Balaban J connectivity index is 1.86. The van der Waals surface area contributed by atoms with Crippen LogP contribution in [0.15, 0.2) is 12.3 Å². The van der Waals surface area contributed by atoms with Gasteiger partial charge in [-0.05, 0) is 24.8 Å². The van der Waals surface area contributed by atoms with Crippen LogP contribution in [-0.4, -0.2) is 33.7 Å². The minimum absolute atomic E-state index is 0.283. The number of nitrogens with zero attached hydrogens (tertiary/aromatic N) is 3. The molecular weight excluding hydrogens is 228 g/mol. The van der Waals surface area contributed by atoms with Gasteiger partial charge in [0.25, 0.3) is 0 Å². The maximum atomic E-state index is 12.0. The standard InChI is InChI=1S/C13H22N4O/c1-2-11-3-4-13(18)16(7-5-11)9-10-17-8-6-12(14)15-17/h6,8,11H,2-5,7,9-10H2,1H3,(H2,14,15). The molecule has 18 heavy (non-hydrogen) atoms. The quantitative estimate of drug-likeness (QED) is 0.880. The SMILES string of the molecule is CCC1CCC(=O)N(CCn2ccc(N)n2)CC1. The molecule has 1 aliphatic heterocycles. The van der Waals surface area contributed by atoms with Crippen LogP contribution >= 0.6 is 0 Å². The van der Waals surface area contributed by atoms with Crippen LogP contribution in [0, 0.1) is 5.92 Å². The summed E-state index contributed by atoms with van der Waals surface area (Å²) in [4.78, 5) is 13.9. The van der Waals surface area contributed by atoms with Crippen molar-refractivity contribution < 1.29 is 4.79 Å². The molecule has 1 amide bonds. The first-order valence-electron chi connectivity index (χ1n) is 6.75. The van der Waals surface area contributed by atoms with E-state index in [9.17, 15) is 4.79 Å². The van der Waals surface area contributed by atoms with E-state index in [1.54, 1.807) is 10.7 Å². The van der Waals surface area contributed by atoms with E-state index in [1.165, 1.54) is 6.42 Å². The van der Waals surface area contributed by atoms with Crippen molar-refractivity contribution in [3.05, 3.63) is 12.3 Å². The Hall–Kier alpha value is -1.52. The summed E-state index contributed by atoms with van der Waals surface area (Å²) in [7, 11) is 0. The lowest BCUT2D eigenvalue weighted by Gasteiger charge is -2.20. The van der Waals surface area contributed by atoms with Gasteiger partial charge >= 0.3 is 0 Å². The van der Waals surface area contributed by atoms with Crippen LogP contribution in [0.5, 0.6) is 0 Å². The smallest absolute Gasteiger partial charge is 0.222 e. The minimum Gasteiger partial charge on any atom is -0.382 e. The maximum Gasteiger partial charge on any atom is 0.222 e. The Bertz CT molecular complexity index is 401. The van der Waals surface area contributed by atoms with Gasteiger partial charge in [0.2, 0.25) is 5.91 Å². The van der Waals surface area contributed by atoms with Crippen LogP contribution in [0.2, 0.25) is 0 Å². The Morgan fingerprint density at radius 2 is 2.28 bits per heavy atom. The van der Waals surface area contributed by atoms with Crippen molar-refractivity contribution in [2.75, 3.05) is 18.8 Å². The summed E-state index contributed by atoms with van der Waals surface area (Å²) in [5.74, 6) is 1.52. The predicted octanol–water partition coefficient (Wildman–Crippen LogP) is 1.50. The van der Waals surface area contributed by atoms with E-state index < -0.39 is 0 Å². The Morgan fingerprint density at radius 1 is 1.44 bits per heavy atom. The van der Waals surface area contributed by atoms with E-state index >= 15 is 0 Å². The molecule has 2 heterocycles. The molecule has 1 aromatic heterocycles. The number of hydrogen-bond donors (Lipinski definition) is 1. The number of amides is 1. The summed E-state index contributed by atoms with van der Waals surface area (Å²) in [6.07, 6.45) is 5.90. The van der Waals surface area contributed by atoms with Crippen LogP contribution in [0.1, 0.15) is 32.6 Å². The number of carbonyl (C=O) groups is 1. The summed E-state index contributed by atoms with van der Waals surface area (Å²) in [6, 6.07) is 1.78. The highest BCUT2D eigenvalue weighted by Crippen LogP contribution is 2.20. The molecule has 0 spiro atoms. The lowest BCUT2D eigenvalue weighted by atomic mass is 9.98. The van der Waals surface area contributed by atoms with Crippen molar-refractivity contribution in [1.29, 1.82) is 0 Å². The molecule has 0 aromatic carbocycles. The molecule has 0 aliphatic carbocycles. The van der Waals surface area contributed by atoms with E-state index in [0.29, 0.717) is 18.2 Å². The normalized spacial score (nSPS) is 21.1. The van der Waals surface area contributed by atoms with Crippen molar-refractivity contribution in [1.82, 2.24) is 14.7 Å². The summed E-state index contributed by atoms with van der Waals surface area (Å²) < 4.78 is 1.80. The number of carbonyl (C=O) groups excluding carboxylic acids is 1. The van der Waals surface area contributed by atoms with Crippen molar-refractivity contribution in [3.63, 3.8) is 0 Å². The summed E-state index contributed by atoms with van der Waals surface area (Å²) >= 11 is 0. The highest BCUT2D eigenvalue weighted by molar-refractivity contribution is 5.76. The Labute approximate surface area is 108 Å². The molecule has 5 heteroatoms. The van der Waals surface area contributed by atoms with Gasteiger partial charge in [-0.2, -0.15) is 5.10 Å². The molecule has 0 saturated carbocycles. The minimum atomic E-state index is 0.283. The van der Waals surface area contributed by atoms with E-state index in [1.807, 2.05) is 11.1 Å². The van der Waals surface area contributed by atoms with E-state index in [0.717, 1.165) is 32.5 Å². The summed E-state index contributed by atoms with van der Waals surface area (Å²) in [5.41, 5.74) is 5.56. The predicted molar refractivity (Wildman–Crippen MR) is 70.9 cm³/mol. The average molecular weight is 250 g/mol. The summed E-state index contributed by atoms with van der Waals surface area (Å²) in [6.45, 7) is 4.54. The number of hydrogen-bond acceptors (Lipinski definition) is 3. The average Bonchev–Trinajstić information content (AvgIpc) is 2.69. The molecule has 2 N–H and O–H groups in total. The second kappa shape index (κ2) is 5.89. The van der Waals surface area contributed by atoms with Crippen molar-refractivity contribution in [2.45, 2.75) is 39.2 Å². The lowest BCUT2D eigenvalue weighted by Crippen LogP contribution is -2.33. The van der Waals surface area contributed by atoms with E-state index in [4.69, 9.17) is 5.73 Å². The van der Waals surface area contributed by atoms with Gasteiger partial charge in [0.15, 0.2) is 0 Å². The van der Waals surface area contributed by atoms with Crippen LogP contribution in [0.25, 0.3) is 0 Å². The molecular formula is C13H22N4O. The molecule has 100 valence electrons. The number of nitrogen functional groups attached to an aromatic ring is 1. The summed E-state index contributed by atoms with van der Waals surface area (Å²) in [5, 5.41) is 4.13. The third kappa shape index (κ3) is 3.24. The molecule has 1 aliphatic rings. The fourth-order valence-electron chi connectivity index (χ4n) is 2.46. The molecule has 0 radical (unpaired) electrons. The van der Waals surface area contributed by atoms with Gasteiger partial charge in [-0.1, -0.05) is 13.3 Å².